The van der Waals surface area contributed by atoms with E-state index in [9.17, 15) is 32.3 Å². The number of nitrogens with zero attached hydrogens (tertiary/aromatic N) is 1. The fraction of sp³-hybridized carbons (Fsp3) is 0.545. The van der Waals surface area contributed by atoms with E-state index in [0.29, 0.717) is 12.8 Å². The summed E-state index contributed by atoms with van der Waals surface area (Å²) < 4.78 is 53.5. The van der Waals surface area contributed by atoms with Crippen molar-refractivity contribution in [3.05, 3.63) is 41.2 Å². The number of benzene rings is 1. The average molecular weight is 431 g/mol. The lowest BCUT2D eigenvalue weighted by Crippen LogP contribution is -2.51. The van der Waals surface area contributed by atoms with Crippen LogP contribution in [0.1, 0.15) is 63.0 Å². The first-order valence-corrected chi connectivity index (χ1v) is 10.1. The van der Waals surface area contributed by atoms with Gasteiger partial charge in [0.15, 0.2) is 0 Å². The zero-order chi connectivity index (χ0) is 22.9. The van der Waals surface area contributed by atoms with Crippen LogP contribution in [0, 0.1) is 19.7 Å². The molecular weight excluding hydrogens is 402 g/mol. The summed E-state index contributed by atoms with van der Waals surface area (Å²) in [4.78, 5) is 24.1. The highest BCUT2D eigenvalue weighted by molar-refractivity contribution is 6.02. The van der Waals surface area contributed by atoms with E-state index >= 15 is 0 Å². The number of hydrogen-bond donors (Lipinski definition) is 1. The fourth-order valence-electron chi connectivity index (χ4n) is 3.18. The number of alkyl halides is 3. The molecule has 168 valence electrons. The Labute approximate surface area is 174 Å². The molecule has 0 aliphatic carbocycles. The molecule has 1 rings (SSSR count). The third kappa shape index (κ3) is 7.46. The van der Waals surface area contributed by atoms with Crippen LogP contribution in [0.3, 0.4) is 0 Å². The molecule has 0 saturated heterocycles. The number of hydrogen-bond acceptors (Lipinski definition) is 2. The topological polar surface area (TPSA) is 57.6 Å². The summed E-state index contributed by atoms with van der Waals surface area (Å²) in [5.74, 6) is -4.44. The van der Waals surface area contributed by atoms with Crippen LogP contribution in [0.2, 0.25) is 0 Å². The van der Waals surface area contributed by atoms with Gasteiger partial charge in [0.25, 0.3) is 0 Å². The van der Waals surface area contributed by atoms with E-state index in [1.807, 2.05) is 12.2 Å². The predicted molar refractivity (Wildman–Crippen MR) is 108 cm³/mol. The summed E-state index contributed by atoms with van der Waals surface area (Å²) in [7, 11) is 0. The van der Waals surface area contributed by atoms with E-state index in [0.717, 1.165) is 37.8 Å². The molecule has 4 nitrogen and oxygen atoms in total. The quantitative estimate of drug-likeness (QED) is 0.262. The highest BCUT2D eigenvalue weighted by Crippen LogP contribution is 2.30. The molecule has 1 aromatic carbocycles. The molecule has 0 saturated carbocycles. The standard InChI is InChI=1S/C22H29F4NO3/c1-4-5-6-7-8-9-10-11-12-18(20(28)29)27(21(30)22(24,25)26)17-13-15(2)19(23)16(3)14-17/h8-9,13-14,18H,4-7,10-12H2,1-3H3,(H,28,29)/b9-8+/t18-/m1/s1. The third-order valence-corrected chi connectivity index (χ3v) is 4.75. The van der Waals surface area contributed by atoms with Crippen molar-refractivity contribution < 1.29 is 32.3 Å². The van der Waals surface area contributed by atoms with Gasteiger partial charge in [0, 0.05) is 5.69 Å². The molecule has 0 heterocycles. The monoisotopic (exact) mass is 431 g/mol. The lowest BCUT2D eigenvalue weighted by atomic mass is 10.0. The van der Waals surface area contributed by atoms with Crippen molar-refractivity contribution in [2.24, 2.45) is 0 Å². The van der Waals surface area contributed by atoms with Crippen LogP contribution in [-0.4, -0.2) is 29.2 Å². The third-order valence-electron chi connectivity index (χ3n) is 4.75. The van der Waals surface area contributed by atoms with E-state index in [-0.39, 0.29) is 28.1 Å². The zero-order valence-corrected chi connectivity index (χ0v) is 17.6. The molecule has 0 bridgehead atoms. The molecule has 8 heteroatoms. The lowest BCUT2D eigenvalue weighted by molar-refractivity contribution is -0.171. The minimum atomic E-state index is -5.26. The molecule has 0 radical (unpaired) electrons. The van der Waals surface area contributed by atoms with Gasteiger partial charge in [-0.3, -0.25) is 9.69 Å². The number of allylic oxidation sites excluding steroid dienone is 2. The van der Waals surface area contributed by atoms with Crippen LogP contribution in [-0.2, 0) is 9.59 Å². The number of aliphatic carboxylic acids is 1. The number of amides is 1. The minimum Gasteiger partial charge on any atom is -0.480 e. The molecule has 1 atom stereocenters. The second-order valence-electron chi connectivity index (χ2n) is 7.32. The maximum atomic E-state index is 13.9. The Kier molecular flexibility index (Phi) is 10.0. The summed E-state index contributed by atoms with van der Waals surface area (Å²) in [5.41, 5.74) is -0.218. The largest absolute Gasteiger partial charge is 0.480 e. The predicted octanol–water partition coefficient (Wildman–Crippen LogP) is 6.10. The second kappa shape index (κ2) is 11.7. The summed E-state index contributed by atoms with van der Waals surface area (Å²) in [6, 6.07) is 0.419. The average Bonchev–Trinajstić information content (AvgIpc) is 2.65. The molecule has 0 unspecified atom stereocenters. The van der Waals surface area contributed by atoms with Crippen molar-refractivity contribution in [3.63, 3.8) is 0 Å². The Hall–Kier alpha value is -2.38. The first-order valence-electron chi connectivity index (χ1n) is 10.1. The Morgan fingerprint density at radius 3 is 2.07 bits per heavy atom. The molecular formula is C22H29F4NO3. The smallest absolute Gasteiger partial charge is 0.471 e. The molecule has 0 fully saturated rings. The van der Waals surface area contributed by atoms with Gasteiger partial charge >= 0.3 is 18.1 Å². The highest BCUT2D eigenvalue weighted by atomic mass is 19.4. The fourth-order valence-corrected chi connectivity index (χ4v) is 3.18. The SMILES string of the molecule is CCCCC/C=C/CCC[C@H](C(=O)O)N(C(=O)C(F)(F)F)c1cc(C)c(F)c(C)c1. The van der Waals surface area contributed by atoms with Crippen molar-refractivity contribution >= 4 is 17.6 Å². The second-order valence-corrected chi connectivity index (χ2v) is 7.32. The first-order chi connectivity index (χ1) is 14.0. The van der Waals surface area contributed by atoms with Gasteiger partial charge in [-0.25, -0.2) is 9.18 Å². The molecule has 1 aromatic rings. The van der Waals surface area contributed by atoms with Gasteiger partial charge in [0.05, 0.1) is 0 Å². The number of carbonyl (C=O) groups excluding carboxylic acids is 1. The number of carboxylic acids is 1. The van der Waals surface area contributed by atoms with Crippen molar-refractivity contribution in [1.29, 1.82) is 0 Å². The molecule has 0 aromatic heterocycles. The molecule has 0 aliphatic heterocycles. The number of carboxylic acid groups (broad SMARTS) is 1. The van der Waals surface area contributed by atoms with Gasteiger partial charge in [0.1, 0.15) is 11.9 Å². The van der Waals surface area contributed by atoms with Crippen LogP contribution in [0.15, 0.2) is 24.3 Å². The summed E-state index contributed by atoms with van der Waals surface area (Å²) in [6.45, 7) is 4.79. The molecule has 0 aliphatic rings. The van der Waals surface area contributed by atoms with Gasteiger partial charge in [-0.1, -0.05) is 31.9 Å². The highest BCUT2D eigenvalue weighted by Gasteiger charge is 2.47. The van der Waals surface area contributed by atoms with E-state index < -0.39 is 29.9 Å². The van der Waals surface area contributed by atoms with E-state index in [4.69, 9.17) is 0 Å². The number of halogens is 4. The van der Waals surface area contributed by atoms with Crippen LogP contribution >= 0.6 is 0 Å². The maximum Gasteiger partial charge on any atom is 0.471 e. The minimum absolute atomic E-state index is 0.0316. The van der Waals surface area contributed by atoms with Gasteiger partial charge in [-0.15, -0.1) is 0 Å². The van der Waals surface area contributed by atoms with Crippen molar-refractivity contribution in [2.75, 3.05) is 4.90 Å². The Balaban J connectivity index is 3.07. The number of anilines is 1. The van der Waals surface area contributed by atoms with Gasteiger partial charge in [-0.05, 0) is 69.2 Å². The molecule has 1 amide bonds. The van der Waals surface area contributed by atoms with Crippen LogP contribution in [0.25, 0.3) is 0 Å². The number of aryl methyl sites for hydroxylation is 2. The molecule has 1 N–H and O–H groups in total. The van der Waals surface area contributed by atoms with E-state index in [1.54, 1.807) is 0 Å². The maximum absolute atomic E-state index is 13.9. The van der Waals surface area contributed by atoms with Crippen molar-refractivity contribution in [2.45, 2.75) is 77.9 Å². The Morgan fingerprint density at radius 1 is 1.07 bits per heavy atom. The van der Waals surface area contributed by atoms with Crippen LogP contribution < -0.4 is 4.90 Å². The van der Waals surface area contributed by atoms with Crippen molar-refractivity contribution in [3.8, 4) is 0 Å². The van der Waals surface area contributed by atoms with E-state index in [2.05, 4.69) is 6.92 Å². The van der Waals surface area contributed by atoms with Gasteiger partial charge in [0.2, 0.25) is 0 Å². The van der Waals surface area contributed by atoms with Crippen LogP contribution in [0.5, 0.6) is 0 Å². The zero-order valence-electron chi connectivity index (χ0n) is 17.6. The Bertz CT molecular complexity index is 736. The number of unbranched alkanes of at least 4 members (excludes halogenated alkanes) is 4. The first kappa shape index (κ1) is 25.7. The summed E-state index contributed by atoms with van der Waals surface area (Å²) in [6.07, 6.45) is 3.34. The normalized spacial score (nSPS) is 12.9. The van der Waals surface area contributed by atoms with Gasteiger partial charge in [-0.2, -0.15) is 13.2 Å². The summed E-state index contributed by atoms with van der Waals surface area (Å²) in [5, 5.41) is 9.56. The molecule has 0 spiro atoms. The van der Waals surface area contributed by atoms with Crippen LogP contribution in [0.4, 0.5) is 23.2 Å². The van der Waals surface area contributed by atoms with E-state index in [1.165, 1.54) is 13.8 Å². The number of rotatable bonds is 11. The van der Waals surface area contributed by atoms with Gasteiger partial charge < -0.3 is 5.11 Å². The summed E-state index contributed by atoms with van der Waals surface area (Å²) >= 11 is 0. The van der Waals surface area contributed by atoms with Crippen molar-refractivity contribution in [1.82, 2.24) is 0 Å². The molecule has 30 heavy (non-hydrogen) atoms. The Morgan fingerprint density at radius 2 is 1.60 bits per heavy atom. The lowest BCUT2D eigenvalue weighted by Gasteiger charge is -2.30. The number of carbonyl (C=O) groups is 2.